The smallest absolute Gasteiger partial charge is 0.105 e. The zero-order valence-electron chi connectivity index (χ0n) is 13.5. The van der Waals surface area contributed by atoms with Gasteiger partial charge in [-0.3, -0.25) is 5.32 Å². The van der Waals surface area contributed by atoms with Crippen molar-refractivity contribution >= 4 is 0 Å². The molecule has 2 aliphatic rings. The molecule has 3 nitrogen and oxygen atoms in total. The van der Waals surface area contributed by atoms with Crippen molar-refractivity contribution in [3.8, 4) is 6.07 Å². The summed E-state index contributed by atoms with van der Waals surface area (Å²) >= 11 is 0. The van der Waals surface area contributed by atoms with Crippen LogP contribution in [-0.2, 0) is 0 Å². The van der Waals surface area contributed by atoms with Crippen molar-refractivity contribution in [2.24, 2.45) is 5.41 Å². The second-order valence-corrected chi connectivity index (χ2v) is 7.16. The van der Waals surface area contributed by atoms with E-state index in [0.29, 0.717) is 11.5 Å². The van der Waals surface area contributed by atoms with Gasteiger partial charge < -0.3 is 4.90 Å². The van der Waals surface area contributed by atoms with Gasteiger partial charge in [-0.05, 0) is 57.5 Å². The van der Waals surface area contributed by atoms with Gasteiger partial charge in [0.1, 0.15) is 5.54 Å². The van der Waals surface area contributed by atoms with Gasteiger partial charge >= 0.3 is 0 Å². The summed E-state index contributed by atoms with van der Waals surface area (Å²) in [4.78, 5) is 2.56. The molecule has 1 aliphatic carbocycles. The molecule has 0 aromatic heterocycles. The van der Waals surface area contributed by atoms with Crippen molar-refractivity contribution < 1.29 is 0 Å². The first kappa shape index (κ1) is 15.8. The van der Waals surface area contributed by atoms with Crippen LogP contribution in [0.25, 0.3) is 0 Å². The van der Waals surface area contributed by atoms with Gasteiger partial charge in [-0.15, -0.1) is 0 Å². The van der Waals surface area contributed by atoms with E-state index in [1.54, 1.807) is 0 Å². The molecule has 1 aliphatic heterocycles. The minimum absolute atomic E-state index is 0.328. The highest BCUT2D eigenvalue weighted by Gasteiger charge is 2.34. The molecule has 1 N–H and O–H groups in total. The summed E-state index contributed by atoms with van der Waals surface area (Å²) in [6, 6.07) is 3.10. The third-order valence-electron chi connectivity index (χ3n) is 5.69. The standard InChI is InChI=1S/C17H31N3/c1-4-17(5-2)9-12-20(13-10-17)11-8-16(3,14-18)19-15-6-7-15/h15,19H,4-13H2,1-3H3. The van der Waals surface area contributed by atoms with Crippen LogP contribution in [0.5, 0.6) is 0 Å². The highest BCUT2D eigenvalue weighted by atomic mass is 15.1. The number of hydrogen-bond acceptors (Lipinski definition) is 3. The fraction of sp³-hybridized carbons (Fsp3) is 0.941. The van der Waals surface area contributed by atoms with E-state index in [-0.39, 0.29) is 5.54 Å². The topological polar surface area (TPSA) is 39.1 Å². The molecule has 2 rings (SSSR count). The van der Waals surface area contributed by atoms with Gasteiger partial charge in [-0.1, -0.05) is 26.7 Å². The predicted octanol–water partition coefficient (Wildman–Crippen LogP) is 3.31. The lowest BCUT2D eigenvalue weighted by Crippen LogP contribution is -2.47. The van der Waals surface area contributed by atoms with Crippen LogP contribution in [0.2, 0.25) is 0 Å². The first-order valence-corrected chi connectivity index (χ1v) is 8.46. The Kier molecular flexibility index (Phi) is 5.09. The zero-order chi connectivity index (χ0) is 14.6. The molecule has 1 heterocycles. The fourth-order valence-electron chi connectivity index (χ4n) is 3.43. The van der Waals surface area contributed by atoms with E-state index >= 15 is 0 Å². The van der Waals surface area contributed by atoms with Gasteiger partial charge in [0.25, 0.3) is 0 Å². The Morgan fingerprint density at radius 2 is 1.85 bits per heavy atom. The minimum atomic E-state index is -0.328. The van der Waals surface area contributed by atoms with Gasteiger partial charge in [-0.25, -0.2) is 0 Å². The average molecular weight is 277 g/mol. The molecule has 0 aromatic rings. The van der Waals surface area contributed by atoms with E-state index < -0.39 is 0 Å². The van der Waals surface area contributed by atoms with Gasteiger partial charge in [0.2, 0.25) is 0 Å². The van der Waals surface area contributed by atoms with E-state index in [1.807, 2.05) is 0 Å². The molecular formula is C17H31N3. The van der Waals surface area contributed by atoms with E-state index in [1.165, 1.54) is 51.6 Å². The minimum Gasteiger partial charge on any atom is -0.303 e. The molecule has 114 valence electrons. The number of nitrogens with zero attached hydrogens (tertiary/aromatic N) is 2. The lowest BCUT2D eigenvalue weighted by Gasteiger charge is -2.41. The molecule has 2 fully saturated rings. The van der Waals surface area contributed by atoms with Crippen LogP contribution in [-0.4, -0.2) is 36.1 Å². The van der Waals surface area contributed by atoms with E-state index in [2.05, 4.69) is 37.1 Å². The maximum Gasteiger partial charge on any atom is 0.105 e. The third-order valence-corrected chi connectivity index (χ3v) is 5.69. The van der Waals surface area contributed by atoms with Crippen LogP contribution in [0.15, 0.2) is 0 Å². The maximum atomic E-state index is 9.42. The number of piperidine rings is 1. The number of hydrogen-bond donors (Lipinski definition) is 1. The Bertz CT molecular complexity index is 342. The predicted molar refractivity (Wildman–Crippen MR) is 83.5 cm³/mol. The first-order valence-electron chi connectivity index (χ1n) is 8.46. The molecule has 1 atom stereocenters. The van der Waals surface area contributed by atoms with Crippen LogP contribution < -0.4 is 5.32 Å². The molecular weight excluding hydrogens is 246 g/mol. The number of rotatable bonds is 7. The van der Waals surface area contributed by atoms with Gasteiger partial charge in [0.05, 0.1) is 6.07 Å². The normalized spacial score (nSPS) is 25.9. The molecule has 1 saturated heterocycles. The SMILES string of the molecule is CCC1(CC)CCN(CCC(C)(C#N)NC2CC2)CC1. The summed E-state index contributed by atoms with van der Waals surface area (Å²) < 4.78 is 0. The molecule has 3 heteroatoms. The monoisotopic (exact) mass is 277 g/mol. The van der Waals surface area contributed by atoms with Crippen molar-refractivity contribution in [2.45, 2.75) is 77.3 Å². The molecule has 20 heavy (non-hydrogen) atoms. The zero-order valence-corrected chi connectivity index (χ0v) is 13.5. The molecule has 0 spiro atoms. The highest BCUT2D eigenvalue weighted by molar-refractivity contribution is 5.07. The summed E-state index contributed by atoms with van der Waals surface area (Å²) in [5.41, 5.74) is 0.270. The second kappa shape index (κ2) is 6.45. The van der Waals surface area contributed by atoms with Gasteiger partial charge in [0.15, 0.2) is 0 Å². The Balaban J connectivity index is 1.76. The number of likely N-dealkylation sites (tertiary alicyclic amines) is 1. The quantitative estimate of drug-likeness (QED) is 0.776. The Morgan fingerprint density at radius 3 is 2.30 bits per heavy atom. The molecule has 1 saturated carbocycles. The first-order chi connectivity index (χ1) is 9.55. The fourth-order valence-corrected chi connectivity index (χ4v) is 3.43. The van der Waals surface area contributed by atoms with Crippen LogP contribution >= 0.6 is 0 Å². The summed E-state index contributed by atoms with van der Waals surface area (Å²) in [7, 11) is 0. The van der Waals surface area contributed by atoms with Crippen molar-refractivity contribution in [1.29, 1.82) is 5.26 Å². The lowest BCUT2D eigenvalue weighted by molar-refractivity contribution is 0.0908. The van der Waals surface area contributed by atoms with Crippen molar-refractivity contribution in [3.63, 3.8) is 0 Å². The summed E-state index contributed by atoms with van der Waals surface area (Å²) in [5, 5.41) is 12.9. The van der Waals surface area contributed by atoms with Crippen LogP contribution in [0.3, 0.4) is 0 Å². The highest BCUT2D eigenvalue weighted by Crippen LogP contribution is 2.38. The van der Waals surface area contributed by atoms with Crippen molar-refractivity contribution in [2.75, 3.05) is 19.6 Å². The molecule has 0 radical (unpaired) electrons. The lowest BCUT2D eigenvalue weighted by atomic mass is 9.74. The summed E-state index contributed by atoms with van der Waals surface area (Å²) in [6.45, 7) is 10.2. The van der Waals surface area contributed by atoms with Crippen molar-refractivity contribution in [1.82, 2.24) is 10.2 Å². The molecule has 0 aromatic carbocycles. The largest absolute Gasteiger partial charge is 0.303 e. The van der Waals surface area contributed by atoms with E-state index in [4.69, 9.17) is 0 Å². The Morgan fingerprint density at radius 1 is 1.25 bits per heavy atom. The molecule has 1 unspecified atom stereocenters. The van der Waals surface area contributed by atoms with Gasteiger partial charge in [-0.2, -0.15) is 5.26 Å². The van der Waals surface area contributed by atoms with Crippen LogP contribution in [0.1, 0.15) is 65.7 Å². The van der Waals surface area contributed by atoms with Gasteiger partial charge in [0, 0.05) is 12.6 Å². The average Bonchev–Trinajstić information content (AvgIpc) is 3.29. The van der Waals surface area contributed by atoms with Crippen LogP contribution in [0, 0.1) is 16.7 Å². The third kappa shape index (κ3) is 3.96. The molecule has 0 bridgehead atoms. The maximum absolute atomic E-state index is 9.42. The Labute approximate surface area is 124 Å². The van der Waals surface area contributed by atoms with Crippen LogP contribution in [0.4, 0.5) is 0 Å². The van der Waals surface area contributed by atoms with Crippen molar-refractivity contribution in [3.05, 3.63) is 0 Å². The molecule has 0 amide bonds. The second-order valence-electron chi connectivity index (χ2n) is 7.16. The number of nitrogens with one attached hydrogen (secondary N) is 1. The number of nitriles is 1. The van der Waals surface area contributed by atoms with E-state index in [0.717, 1.165) is 13.0 Å². The van der Waals surface area contributed by atoms with E-state index in [9.17, 15) is 5.26 Å². The summed E-state index contributed by atoms with van der Waals surface area (Å²) in [5.74, 6) is 0. The summed E-state index contributed by atoms with van der Waals surface area (Å²) in [6.07, 6.45) is 8.74. The Hall–Kier alpha value is -0.590.